The highest BCUT2D eigenvalue weighted by molar-refractivity contribution is 9.10. The minimum absolute atomic E-state index is 0.526. The summed E-state index contributed by atoms with van der Waals surface area (Å²) in [6, 6.07) is 7.80. The Bertz CT molecular complexity index is 623. The number of rotatable bonds is 5. The van der Waals surface area contributed by atoms with Gasteiger partial charge in [-0.2, -0.15) is 4.98 Å². The van der Waals surface area contributed by atoms with Crippen LogP contribution in [-0.2, 0) is 6.54 Å². The normalized spacial score (nSPS) is 17.7. The Morgan fingerprint density at radius 1 is 1.43 bits per heavy atom. The molecule has 0 aliphatic carbocycles. The van der Waals surface area contributed by atoms with Crippen LogP contribution >= 0.6 is 15.9 Å². The summed E-state index contributed by atoms with van der Waals surface area (Å²) in [7, 11) is 0. The average molecular weight is 352 g/mol. The van der Waals surface area contributed by atoms with E-state index in [0.717, 1.165) is 22.9 Å². The zero-order chi connectivity index (χ0) is 14.9. The molecule has 0 bridgehead atoms. The summed E-state index contributed by atoms with van der Waals surface area (Å²) in [5.41, 5.74) is 0.396. The van der Waals surface area contributed by atoms with Crippen LogP contribution in [0.5, 0.6) is 0 Å². The molecule has 2 heterocycles. The summed E-state index contributed by atoms with van der Waals surface area (Å²) in [6.45, 7) is 4.03. The van der Waals surface area contributed by atoms with Crippen LogP contribution in [-0.4, -0.2) is 38.8 Å². The molecular formula is C15H18BrN3O2. The monoisotopic (exact) mass is 351 g/mol. The summed E-state index contributed by atoms with van der Waals surface area (Å²) in [5, 5.41) is 14.2. The van der Waals surface area contributed by atoms with Gasteiger partial charge in [0.1, 0.15) is 0 Å². The van der Waals surface area contributed by atoms with E-state index < -0.39 is 5.60 Å². The number of β-amino-alcohol motifs (C(OH)–C–C–N with tert-alkyl or cyclic N) is 1. The largest absolute Gasteiger partial charge is 0.387 e. The molecule has 21 heavy (non-hydrogen) atoms. The maximum atomic E-state index is 10.2. The van der Waals surface area contributed by atoms with Crippen molar-refractivity contribution in [3.63, 3.8) is 0 Å². The second-order valence-corrected chi connectivity index (χ2v) is 6.56. The first-order chi connectivity index (χ1) is 10.1. The van der Waals surface area contributed by atoms with Crippen molar-refractivity contribution < 1.29 is 9.63 Å². The molecule has 6 heteroatoms. The minimum Gasteiger partial charge on any atom is -0.387 e. The van der Waals surface area contributed by atoms with Gasteiger partial charge >= 0.3 is 0 Å². The van der Waals surface area contributed by atoms with Crippen LogP contribution in [0.4, 0.5) is 0 Å². The Kier molecular flexibility index (Phi) is 4.10. The van der Waals surface area contributed by atoms with E-state index in [1.54, 1.807) is 0 Å². The molecule has 0 radical (unpaired) electrons. The first kappa shape index (κ1) is 14.7. The zero-order valence-electron chi connectivity index (χ0n) is 11.9. The van der Waals surface area contributed by atoms with Crippen LogP contribution in [0.15, 0.2) is 33.3 Å². The van der Waals surface area contributed by atoms with Gasteiger partial charge in [0.2, 0.25) is 11.7 Å². The van der Waals surface area contributed by atoms with Gasteiger partial charge in [-0.15, -0.1) is 0 Å². The van der Waals surface area contributed by atoms with Gasteiger partial charge in [-0.1, -0.05) is 46.6 Å². The highest BCUT2D eigenvalue weighted by atomic mass is 79.9. The lowest BCUT2D eigenvalue weighted by Crippen LogP contribution is -2.60. The molecule has 1 aliphatic heterocycles. The smallest absolute Gasteiger partial charge is 0.241 e. The molecule has 3 rings (SSSR count). The molecule has 112 valence electrons. The zero-order valence-corrected chi connectivity index (χ0v) is 13.5. The van der Waals surface area contributed by atoms with Gasteiger partial charge < -0.3 is 9.63 Å². The number of benzene rings is 1. The van der Waals surface area contributed by atoms with Crippen LogP contribution in [0, 0.1) is 0 Å². The fourth-order valence-corrected chi connectivity index (χ4v) is 3.18. The van der Waals surface area contributed by atoms with Crippen LogP contribution in [0.2, 0.25) is 0 Å². The van der Waals surface area contributed by atoms with Crippen LogP contribution in [0.1, 0.15) is 25.7 Å². The number of nitrogens with zero attached hydrogens (tertiary/aromatic N) is 3. The van der Waals surface area contributed by atoms with Crippen LogP contribution < -0.4 is 0 Å². The number of aliphatic hydroxyl groups is 1. The fraction of sp³-hybridized carbons (Fsp3) is 0.467. The SMILES string of the molecule is CCCC1(O)CN(Cc2nc(-c3cccc(Br)c3)no2)C1. The van der Waals surface area contributed by atoms with Crippen molar-refractivity contribution in [3.8, 4) is 11.4 Å². The number of hydrogen-bond acceptors (Lipinski definition) is 5. The minimum atomic E-state index is -0.526. The Morgan fingerprint density at radius 3 is 2.95 bits per heavy atom. The molecule has 0 saturated carbocycles. The van der Waals surface area contributed by atoms with Crippen molar-refractivity contribution in [2.24, 2.45) is 0 Å². The van der Waals surface area contributed by atoms with E-state index in [1.807, 2.05) is 24.3 Å². The highest BCUT2D eigenvalue weighted by Gasteiger charge is 2.40. The van der Waals surface area contributed by atoms with Crippen LogP contribution in [0.3, 0.4) is 0 Å². The lowest BCUT2D eigenvalue weighted by molar-refractivity contribution is -0.109. The van der Waals surface area contributed by atoms with E-state index in [4.69, 9.17) is 4.52 Å². The van der Waals surface area contributed by atoms with Gasteiger partial charge in [-0.25, -0.2) is 0 Å². The molecule has 0 spiro atoms. The molecule has 0 unspecified atom stereocenters. The third-order valence-electron chi connectivity index (χ3n) is 3.66. The molecule has 1 fully saturated rings. The van der Waals surface area contributed by atoms with E-state index in [0.29, 0.717) is 31.3 Å². The Labute approximate surface area is 132 Å². The summed E-state index contributed by atoms with van der Waals surface area (Å²) < 4.78 is 6.28. The fourth-order valence-electron chi connectivity index (χ4n) is 2.78. The third-order valence-corrected chi connectivity index (χ3v) is 4.15. The maximum Gasteiger partial charge on any atom is 0.241 e. The molecule has 1 N–H and O–H groups in total. The predicted octanol–water partition coefficient (Wildman–Crippen LogP) is 2.85. The van der Waals surface area contributed by atoms with Gasteiger partial charge in [-0.3, -0.25) is 4.90 Å². The van der Waals surface area contributed by atoms with Crippen LogP contribution in [0.25, 0.3) is 11.4 Å². The molecular weight excluding hydrogens is 334 g/mol. The summed E-state index contributed by atoms with van der Waals surface area (Å²) in [5.74, 6) is 1.18. The lowest BCUT2D eigenvalue weighted by Gasteiger charge is -2.46. The first-order valence-corrected chi connectivity index (χ1v) is 7.90. The van der Waals surface area contributed by atoms with Gasteiger partial charge in [0, 0.05) is 23.1 Å². The van der Waals surface area contributed by atoms with E-state index >= 15 is 0 Å². The van der Waals surface area contributed by atoms with Crippen molar-refractivity contribution in [2.45, 2.75) is 31.9 Å². The average Bonchev–Trinajstić information content (AvgIpc) is 2.86. The van der Waals surface area contributed by atoms with Crippen molar-refractivity contribution in [3.05, 3.63) is 34.6 Å². The first-order valence-electron chi connectivity index (χ1n) is 7.11. The number of aromatic nitrogens is 2. The second-order valence-electron chi connectivity index (χ2n) is 5.64. The molecule has 1 aromatic heterocycles. The van der Waals surface area contributed by atoms with Crippen molar-refractivity contribution in [1.82, 2.24) is 15.0 Å². The van der Waals surface area contributed by atoms with E-state index in [-0.39, 0.29) is 0 Å². The van der Waals surface area contributed by atoms with Crippen molar-refractivity contribution in [2.75, 3.05) is 13.1 Å². The summed E-state index contributed by atoms with van der Waals surface area (Å²) in [4.78, 5) is 6.53. The van der Waals surface area contributed by atoms with E-state index in [9.17, 15) is 5.11 Å². The molecule has 1 aromatic carbocycles. The Hall–Kier alpha value is -1.24. The molecule has 0 amide bonds. The molecule has 1 saturated heterocycles. The maximum absolute atomic E-state index is 10.2. The second kappa shape index (κ2) is 5.87. The van der Waals surface area contributed by atoms with E-state index in [1.165, 1.54) is 0 Å². The Morgan fingerprint density at radius 2 is 2.24 bits per heavy atom. The number of likely N-dealkylation sites (tertiary alicyclic amines) is 1. The van der Waals surface area contributed by atoms with Gasteiger partial charge in [-0.05, 0) is 18.6 Å². The quantitative estimate of drug-likeness (QED) is 0.897. The van der Waals surface area contributed by atoms with Crippen molar-refractivity contribution in [1.29, 1.82) is 0 Å². The van der Waals surface area contributed by atoms with E-state index in [2.05, 4.69) is 37.9 Å². The standard InChI is InChI=1S/C15H18BrN3O2/c1-2-6-15(20)9-19(10-15)8-13-17-14(18-21-13)11-4-3-5-12(16)7-11/h3-5,7,20H,2,6,8-10H2,1H3. The number of halogens is 1. The molecule has 1 aliphatic rings. The molecule has 5 nitrogen and oxygen atoms in total. The summed E-state index contributed by atoms with van der Waals surface area (Å²) in [6.07, 6.45) is 1.84. The topological polar surface area (TPSA) is 62.4 Å². The van der Waals surface area contributed by atoms with Crippen molar-refractivity contribution >= 4 is 15.9 Å². The number of hydrogen-bond donors (Lipinski definition) is 1. The highest BCUT2D eigenvalue weighted by Crippen LogP contribution is 2.27. The lowest BCUT2D eigenvalue weighted by atomic mass is 9.89. The third kappa shape index (κ3) is 3.33. The predicted molar refractivity (Wildman–Crippen MR) is 82.6 cm³/mol. The van der Waals surface area contributed by atoms with Gasteiger partial charge in [0.25, 0.3) is 0 Å². The van der Waals surface area contributed by atoms with Gasteiger partial charge in [0.15, 0.2) is 0 Å². The summed E-state index contributed by atoms with van der Waals surface area (Å²) >= 11 is 3.43. The molecule has 2 aromatic rings. The molecule has 0 atom stereocenters. The Balaban J connectivity index is 1.62. The van der Waals surface area contributed by atoms with Gasteiger partial charge in [0.05, 0.1) is 12.1 Å².